The minimum absolute atomic E-state index is 1.30. The average molecular weight is 246 g/mol. The Balaban J connectivity index is 2.32. The smallest absolute Gasteiger partial charge is 0.00761 e. The standard InChI is InChI=1S/C19H18/c1-13-4-8-16(9-5-13)19-15(3)7-10-17-12-14(2)6-11-18(17)19/h4-12H,1-3H3. The highest BCUT2D eigenvalue weighted by molar-refractivity contribution is 5.98. The first-order valence-electron chi connectivity index (χ1n) is 6.72. The van der Waals surface area contributed by atoms with Crippen molar-refractivity contribution in [1.29, 1.82) is 0 Å². The summed E-state index contributed by atoms with van der Waals surface area (Å²) in [6, 6.07) is 19.9. The number of hydrogen-bond donors (Lipinski definition) is 0. The Kier molecular flexibility index (Phi) is 2.87. The molecule has 0 aliphatic rings. The largest absolute Gasteiger partial charge is 0.0587 e. The molecule has 3 aromatic rings. The molecule has 0 heterocycles. The van der Waals surface area contributed by atoms with Gasteiger partial charge in [0.1, 0.15) is 0 Å². The van der Waals surface area contributed by atoms with Gasteiger partial charge in [-0.1, -0.05) is 65.7 Å². The van der Waals surface area contributed by atoms with Gasteiger partial charge in [0.25, 0.3) is 0 Å². The van der Waals surface area contributed by atoms with Gasteiger partial charge in [0, 0.05) is 0 Å². The van der Waals surface area contributed by atoms with Gasteiger partial charge in [0.05, 0.1) is 0 Å². The average Bonchev–Trinajstić information content (AvgIpc) is 2.40. The first kappa shape index (κ1) is 12.0. The maximum atomic E-state index is 2.26. The molecule has 0 nitrogen and oxygen atoms in total. The second-order valence-corrected chi connectivity index (χ2v) is 5.35. The summed E-state index contributed by atoms with van der Waals surface area (Å²) < 4.78 is 0. The summed E-state index contributed by atoms with van der Waals surface area (Å²) >= 11 is 0. The second kappa shape index (κ2) is 4.55. The van der Waals surface area contributed by atoms with Crippen LogP contribution < -0.4 is 0 Å². The first-order valence-corrected chi connectivity index (χ1v) is 6.72. The molecule has 0 heteroatoms. The first-order chi connectivity index (χ1) is 9.15. The van der Waals surface area contributed by atoms with Crippen LogP contribution in [-0.2, 0) is 0 Å². The molecule has 0 spiro atoms. The van der Waals surface area contributed by atoms with E-state index in [9.17, 15) is 0 Å². The lowest BCUT2D eigenvalue weighted by Gasteiger charge is -2.11. The van der Waals surface area contributed by atoms with Gasteiger partial charge in [-0.25, -0.2) is 0 Å². The van der Waals surface area contributed by atoms with Gasteiger partial charge in [-0.3, -0.25) is 0 Å². The number of hydrogen-bond acceptors (Lipinski definition) is 0. The molecule has 19 heavy (non-hydrogen) atoms. The Hall–Kier alpha value is -2.08. The third-order valence-corrected chi connectivity index (χ3v) is 3.72. The van der Waals surface area contributed by atoms with Crippen molar-refractivity contribution in [2.45, 2.75) is 20.8 Å². The molecule has 0 N–H and O–H groups in total. The van der Waals surface area contributed by atoms with Crippen molar-refractivity contribution in [3.05, 3.63) is 71.3 Å². The fraction of sp³-hybridized carbons (Fsp3) is 0.158. The van der Waals surface area contributed by atoms with Crippen LogP contribution in [0.25, 0.3) is 21.9 Å². The molecule has 0 saturated carbocycles. The van der Waals surface area contributed by atoms with E-state index in [4.69, 9.17) is 0 Å². The molecular weight excluding hydrogens is 228 g/mol. The normalized spacial score (nSPS) is 10.9. The van der Waals surface area contributed by atoms with Gasteiger partial charge in [0.15, 0.2) is 0 Å². The highest BCUT2D eigenvalue weighted by Crippen LogP contribution is 2.32. The summed E-state index contributed by atoms with van der Waals surface area (Å²) in [5.41, 5.74) is 6.61. The fourth-order valence-electron chi connectivity index (χ4n) is 2.66. The van der Waals surface area contributed by atoms with Crippen LogP contribution in [0.15, 0.2) is 54.6 Å². The van der Waals surface area contributed by atoms with Crippen LogP contribution in [-0.4, -0.2) is 0 Å². The van der Waals surface area contributed by atoms with Crippen molar-refractivity contribution in [1.82, 2.24) is 0 Å². The monoisotopic (exact) mass is 246 g/mol. The van der Waals surface area contributed by atoms with Gasteiger partial charge < -0.3 is 0 Å². The molecule has 3 rings (SSSR count). The van der Waals surface area contributed by atoms with Crippen molar-refractivity contribution in [2.75, 3.05) is 0 Å². The van der Waals surface area contributed by atoms with E-state index >= 15 is 0 Å². The van der Waals surface area contributed by atoms with Gasteiger partial charge >= 0.3 is 0 Å². The minimum Gasteiger partial charge on any atom is -0.0587 e. The third-order valence-electron chi connectivity index (χ3n) is 3.72. The molecule has 0 fully saturated rings. The zero-order valence-electron chi connectivity index (χ0n) is 11.7. The SMILES string of the molecule is Cc1ccc(-c2c(C)ccc3cc(C)ccc23)cc1. The van der Waals surface area contributed by atoms with E-state index in [1.165, 1.54) is 38.6 Å². The van der Waals surface area contributed by atoms with Crippen LogP contribution in [0.4, 0.5) is 0 Å². The summed E-state index contributed by atoms with van der Waals surface area (Å²) in [5.74, 6) is 0. The van der Waals surface area contributed by atoms with Gasteiger partial charge in [-0.15, -0.1) is 0 Å². The number of benzene rings is 3. The summed E-state index contributed by atoms with van der Waals surface area (Å²) in [7, 11) is 0. The summed E-state index contributed by atoms with van der Waals surface area (Å²) in [6.07, 6.45) is 0. The van der Waals surface area contributed by atoms with Gasteiger partial charge in [-0.2, -0.15) is 0 Å². The van der Waals surface area contributed by atoms with Crippen LogP contribution in [0.2, 0.25) is 0 Å². The molecule has 0 bridgehead atoms. The summed E-state index contributed by atoms with van der Waals surface area (Å²) in [5, 5.41) is 2.66. The van der Waals surface area contributed by atoms with Crippen LogP contribution in [0.5, 0.6) is 0 Å². The van der Waals surface area contributed by atoms with Crippen molar-refractivity contribution < 1.29 is 0 Å². The van der Waals surface area contributed by atoms with E-state index in [0.29, 0.717) is 0 Å². The Labute approximate surface area is 114 Å². The molecule has 0 radical (unpaired) electrons. The number of rotatable bonds is 1. The number of aryl methyl sites for hydroxylation is 3. The lowest BCUT2D eigenvalue weighted by molar-refractivity contribution is 1.44. The molecule has 3 aromatic carbocycles. The molecule has 0 amide bonds. The fourth-order valence-corrected chi connectivity index (χ4v) is 2.66. The minimum atomic E-state index is 1.30. The van der Waals surface area contributed by atoms with E-state index < -0.39 is 0 Å². The lowest BCUT2D eigenvalue weighted by Crippen LogP contribution is -1.87. The lowest BCUT2D eigenvalue weighted by atomic mass is 9.93. The predicted octanol–water partition coefficient (Wildman–Crippen LogP) is 5.43. The topological polar surface area (TPSA) is 0 Å². The molecule has 0 unspecified atom stereocenters. The Morgan fingerprint density at radius 1 is 0.632 bits per heavy atom. The summed E-state index contributed by atoms with van der Waals surface area (Å²) in [4.78, 5) is 0. The van der Waals surface area contributed by atoms with Gasteiger partial charge in [-0.05, 0) is 48.2 Å². The van der Waals surface area contributed by atoms with Crippen molar-refractivity contribution >= 4 is 10.8 Å². The third kappa shape index (κ3) is 2.15. The molecule has 0 aromatic heterocycles. The molecule has 0 aliphatic carbocycles. The van der Waals surface area contributed by atoms with Crippen LogP contribution in [0, 0.1) is 20.8 Å². The van der Waals surface area contributed by atoms with E-state index in [1.807, 2.05) is 0 Å². The van der Waals surface area contributed by atoms with Gasteiger partial charge in [0.2, 0.25) is 0 Å². The zero-order valence-corrected chi connectivity index (χ0v) is 11.7. The molecular formula is C19H18. The van der Waals surface area contributed by atoms with E-state index in [0.717, 1.165) is 0 Å². The van der Waals surface area contributed by atoms with Crippen molar-refractivity contribution in [3.63, 3.8) is 0 Å². The van der Waals surface area contributed by atoms with E-state index in [-0.39, 0.29) is 0 Å². The van der Waals surface area contributed by atoms with E-state index in [2.05, 4.69) is 75.4 Å². The van der Waals surface area contributed by atoms with E-state index in [1.54, 1.807) is 0 Å². The highest BCUT2D eigenvalue weighted by Gasteiger charge is 2.07. The summed E-state index contributed by atoms with van der Waals surface area (Å²) in [6.45, 7) is 6.46. The Bertz CT molecular complexity index is 734. The quantitative estimate of drug-likeness (QED) is 0.537. The molecule has 94 valence electrons. The zero-order chi connectivity index (χ0) is 13.4. The predicted molar refractivity (Wildman–Crippen MR) is 83.6 cm³/mol. The number of fused-ring (bicyclic) bond motifs is 1. The highest BCUT2D eigenvalue weighted by atomic mass is 14.1. The van der Waals surface area contributed by atoms with Crippen LogP contribution >= 0.6 is 0 Å². The Morgan fingerprint density at radius 2 is 1.32 bits per heavy atom. The molecule has 0 aliphatic heterocycles. The maximum absolute atomic E-state index is 2.26. The van der Waals surface area contributed by atoms with Crippen molar-refractivity contribution in [3.8, 4) is 11.1 Å². The van der Waals surface area contributed by atoms with Crippen LogP contribution in [0.3, 0.4) is 0 Å². The van der Waals surface area contributed by atoms with Crippen molar-refractivity contribution in [2.24, 2.45) is 0 Å². The molecule has 0 saturated heterocycles. The van der Waals surface area contributed by atoms with Crippen LogP contribution in [0.1, 0.15) is 16.7 Å². The maximum Gasteiger partial charge on any atom is -0.00761 e. The second-order valence-electron chi connectivity index (χ2n) is 5.35. The molecule has 0 atom stereocenters. The Morgan fingerprint density at radius 3 is 2.05 bits per heavy atom.